The van der Waals surface area contributed by atoms with Gasteiger partial charge in [-0.25, -0.2) is 5.84 Å². The Balaban J connectivity index is 0.00000127. The number of nitrogens with two attached hydrogens (primary N) is 2. The van der Waals surface area contributed by atoms with Crippen molar-refractivity contribution in [3.63, 3.8) is 0 Å². The summed E-state index contributed by atoms with van der Waals surface area (Å²) in [5.74, 6) is 5.74. The Morgan fingerprint density at radius 2 is 1.74 bits per heavy atom. The van der Waals surface area contributed by atoms with Crippen molar-refractivity contribution < 1.29 is 0 Å². The molecule has 23 heavy (non-hydrogen) atoms. The number of nitrogens with zero attached hydrogens (tertiary/aromatic N) is 1. The standard InChI is InChI=1S/C18H25N3.C2H6/c1-5-18(2,3)15-11-10-13-8-6-7-9-14(13)17(15)16(19)12-21(4)20;1-2/h6-12H,5,19-20H2,1-4H3;1-2H3/b16-12-;. The van der Waals surface area contributed by atoms with E-state index in [9.17, 15) is 0 Å². The van der Waals surface area contributed by atoms with Crippen molar-refractivity contribution in [3.8, 4) is 0 Å². The molecule has 3 heteroatoms. The first-order valence-corrected chi connectivity index (χ1v) is 8.34. The molecule has 0 radical (unpaired) electrons. The lowest BCUT2D eigenvalue weighted by atomic mass is 9.77. The molecule has 0 aromatic heterocycles. The maximum atomic E-state index is 6.35. The van der Waals surface area contributed by atoms with E-state index in [1.54, 1.807) is 13.2 Å². The molecule has 2 rings (SSSR count). The summed E-state index contributed by atoms with van der Waals surface area (Å²) in [7, 11) is 1.78. The molecular formula is C20H31N3. The second kappa shape index (κ2) is 8.02. The molecule has 0 spiro atoms. The molecule has 0 aliphatic rings. The fraction of sp³-hybridized carbons (Fsp3) is 0.400. The molecule has 0 saturated heterocycles. The van der Waals surface area contributed by atoms with Crippen LogP contribution in [0.2, 0.25) is 0 Å². The van der Waals surface area contributed by atoms with Gasteiger partial charge in [-0.1, -0.05) is 71.0 Å². The van der Waals surface area contributed by atoms with Gasteiger partial charge < -0.3 is 10.7 Å². The van der Waals surface area contributed by atoms with Gasteiger partial charge in [0.25, 0.3) is 0 Å². The molecule has 0 aliphatic heterocycles. The van der Waals surface area contributed by atoms with Gasteiger partial charge in [-0.3, -0.25) is 0 Å². The number of benzene rings is 2. The molecule has 0 amide bonds. The number of rotatable bonds is 4. The van der Waals surface area contributed by atoms with E-state index in [-0.39, 0.29) is 5.41 Å². The third-order valence-corrected chi connectivity index (χ3v) is 4.17. The fourth-order valence-electron chi connectivity index (χ4n) is 2.62. The van der Waals surface area contributed by atoms with E-state index in [1.807, 2.05) is 26.0 Å². The lowest BCUT2D eigenvalue weighted by Gasteiger charge is -2.28. The zero-order chi connectivity index (χ0) is 17.6. The van der Waals surface area contributed by atoms with Crippen molar-refractivity contribution in [2.75, 3.05) is 7.05 Å². The minimum atomic E-state index is 0.0605. The van der Waals surface area contributed by atoms with Gasteiger partial charge in [0.1, 0.15) is 0 Å². The van der Waals surface area contributed by atoms with E-state index in [1.165, 1.54) is 21.3 Å². The molecule has 0 saturated carbocycles. The summed E-state index contributed by atoms with van der Waals surface area (Å²) in [6.07, 6.45) is 2.82. The molecule has 0 unspecified atom stereocenters. The molecule has 2 aromatic rings. The van der Waals surface area contributed by atoms with Gasteiger partial charge in [0.2, 0.25) is 0 Å². The van der Waals surface area contributed by atoms with Crippen molar-refractivity contribution in [3.05, 3.63) is 53.7 Å². The maximum absolute atomic E-state index is 6.35. The quantitative estimate of drug-likeness (QED) is 0.640. The highest BCUT2D eigenvalue weighted by molar-refractivity contribution is 5.95. The minimum Gasteiger partial charge on any atom is -0.397 e. The molecule has 3 nitrogen and oxygen atoms in total. The number of fused-ring (bicyclic) bond motifs is 1. The monoisotopic (exact) mass is 313 g/mol. The Labute approximate surface area is 140 Å². The molecular weight excluding hydrogens is 282 g/mol. The minimum absolute atomic E-state index is 0.0605. The first-order valence-electron chi connectivity index (χ1n) is 8.34. The van der Waals surface area contributed by atoms with E-state index in [0.29, 0.717) is 5.70 Å². The smallest absolute Gasteiger partial charge is 0.0573 e. The van der Waals surface area contributed by atoms with Crippen LogP contribution in [0.15, 0.2) is 42.6 Å². The van der Waals surface area contributed by atoms with Crippen molar-refractivity contribution in [2.45, 2.75) is 46.5 Å². The van der Waals surface area contributed by atoms with Crippen molar-refractivity contribution in [1.82, 2.24) is 5.01 Å². The Kier molecular flexibility index (Phi) is 6.64. The van der Waals surface area contributed by atoms with Crippen LogP contribution in [0.5, 0.6) is 0 Å². The molecule has 2 aromatic carbocycles. The first-order chi connectivity index (χ1) is 10.9. The Morgan fingerprint density at radius 1 is 1.13 bits per heavy atom. The summed E-state index contributed by atoms with van der Waals surface area (Å²) >= 11 is 0. The molecule has 4 N–H and O–H groups in total. The lowest BCUT2D eigenvalue weighted by Crippen LogP contribution is -2.23. The second-order valence-corrected chi connectivity index (χ2v) is 6.20. The molecule has 0 fully saturated rings. The van der Waals surface area contributed by atoms with Crippen LogP contribution in [-0.4, -0.2) is 12.1 Å². The van der Waals surface area contributed by atoms with Gasteiger partial charge in [0, 0.05) is 18.8 Å². The van der Waals surface area contributed by atoms with Crippen LogP contribution in [0.4, 0.5) is 0 Å². The molecule has 126 valence electrons. The summed E-state index contributed by atoms with van der Waals surface area (Å²) in [5.41, 5.74) is 9.47. The van der Waals surface area contributed by atoms with E-state index in [4.69, 9.17) is 11.6 Å². The largest absolute Gasteiger partial charge is 0.397 e. The molecule has 0 atom stereocenters. The molecule has 0 bridgehead atoms. The van der Waals surface area contributed by atoms with Crippen LogP contribution in [0.25, 0.3) is 16.5 Å². The average molecular weight is 313 g/mol. The SMILES string of the molecule is CC.CCC(C)(C)c1ccc2ccccc2c1/C(N)=C/N(C)N. The van der Waals surface area contributed by atoms with E-state index in [0.717, 1.165) is 12.0 Å². The first kappa shape index (κ1) is 19.0. The van der Waals surface area contributed by atoms with Gasteiger partial charge >= 0.3 is 0 Å². The predicted molar refractivity (Wildman–Crippen MR) is 103 cm³/mol. The molecule has 0 aliphatic carbocycles. The zero-order valence-electron chi connectivity index (χ0n) is 15.4. The fourth-order valence-corrected chi connectivity index (χ4v) is 2.62. The van der Waals surface area contributed by atoms with E-state index >= 15 is 0 Å². The van der Waals surface area contributed by atoms with Gasteiger partial charge in [0.15, 0.2) is 0 Å². The summed E-state index contributed by atoms with van der Waals surface area (Å²) in [6, 6.07) is 12.7. The highest BCUT2D eigenvalue weighted by atomic mass is 15.4. The van der Waals surface area contributed by atoms with Gasteiger partial charge in [-0.15, -0.1) is 0 Å². The lowest BCUT2D eigenvalue weighted by molar-refractivity contribution is 0.484. The topological polar surface area (TPSA) is 55.3 Å². The van der Waals surface area contributed by atoms with Crippen LogP contribution >= 0.6 is 0 Å². The third kappa shape index (κ3) is 4.26. The normalized spacial score (nSPS) is 11.9. The Hall–Kier alpha value is -2.00. The van der Waals surface area contributed by atoms with E-state index in [2.05, 4.69) is 45.0 Å². The highest BCUT2D eigenvalue weighted by Crippen LogP contribution is 2.36. The highest BCUT2D eigenvalue weighted by Gasteiger charge is 2.23. The number of hydrogen-bond donors (Lipinski definition) is 2. The predicted octanol–water partition coefficient (Wildman–Crippen LogP) is 4.62. The van der Waals surface area contributed by atoms with Crippen LogP contribution < -0.4 is 11.6 Å². The van der Waals surface area contributed by atoms with Crippen molar-refractivity contribution >= 4 is 16.5 Å². The van der Waals surface area contributed by atoms with Crippen molar-refractivity contribution in [1.29, 1.82) is 0 Å². The summed E-state index contributed by atoms with van der Waals surface area (Å²) in [5, 5.41) is 3.87. The average Bonchev–Trinajstić information content (AvgIpc) is 2.54. The van der Waals surface area contributed by atoms with E-state index < -0.39 is 0 Å². The van der Waals surface area contributed by atoms with Crippen molar-refractivity contribution in [2.24, 2.45) is 11.6 Å². The van der Waals surface area contributed by atoms with Crippen LogP contribution in [-0.2, 0) is 5.41 Å². The summed E-state index contributed by atoms with van der Waals surface area (Å²) in [4.78, 5) is 0. The van der Waals surface area contributed by atoms with Crippen LogP contribution in [0, 0.1) is 0 Å². The summed E-state index contributed by atoms with van der Waals surface area (Å²) < 4.78 is 0. The summed E-state index contributed by atoms with van der Waals surface area (Å²) in [6.45, 7) is 10.7. The maximum Gasteiger partial charge on any atom is 0.0573 e. The van der Waals surface area contributed by atoms with Gasteiger partial charge in [0.05, 0.1) is 5.70 Å². The van der Waals surface area contributed by atoms with Gasteiger partial charge in [-0.05, 0) is 28.2 Å². The number of hydrogen-bond acceptors (Lipinski definition) is 3. The molecule has 0 heterocycles. The number of hydrazine groups is 1. The third-order valence-electron chi connectivity index (χ3n) is 4.17. The Bertz CT molecular complexity index is 670. The van der Waals surface area contributed by atoms with Crippen LogP contribution in [0.3, 0.4) is 0 Å². The zero-order valence-corrected chi connectivity index (χ0v) is 15.4. The van der Waals surface area contributed by atoms with Gasteiger partial charge in [-0.2, -0.15) is 0 Å². The van der Waals surface area contributed by atoms with Crippen LogP contribution in [0.1, 0.15) is 52.2 Å². The second-order valence-electron chi connectivity index (χ2n) is 6.20. The Morgan fingerprint density at radius 3 is 2.30 bits per heavy atom.